The molecule has 0 heterocycles. The summed E-state index contributed by atoms with van der Waals surface area (Å²) in [5, 5.41) is 0. The monoisotopic (exact) mass is 386 g/mol. The van der Waals surface area contributed by atoms with Crippen LogP contribution in [0, 0.1) is 0 Å². The van der Waals surface area contributed by atoms with E-state index in [0.29, 0.717) is 12.2 Å². The van der Waals surface area contributed by atoms with Gasteiger partial charge in [-0.15, -0.1) is 5.73 Å². The fraction of sp³-hybridized carbons (Fsp3) is 0.529. The molecule has 0 radical (unpaired) electrons. The first kappa shape index (κ1) is 21.1. The number of allylic oxidation sites excluding steroid dienone is 2. The zero-order valence-corrected chi connectivity index (χ0v) is 17.0. The van der Waals surface area contributed by atoms with Crippen LogP contribution in [0.15, 0.2) is 39.6 Å². The zero-order valence-electron chi connectivity index (χ0n) is 14.5. The van der Waals surface area contributed by atoms with Crippen LogP contribution >= 0.6 is 15.9 Å². The van der Waals surface area contributed by atoms with Gasteiger partial charge in [-0.3, -0.25) is 0 Å². The molecule has 0 aliphatic carbocycles. The lowest BCUT2D eigenvalue weighted by atomic mass is 10.1. The van der Waals surface area contributed by atoms with Gasteiger partial charge in [0.15, 0.2) is 0 Å². The maximum absolute atomic E-state index is 11.7. The average molecular weight is 387 g/mol. The Labute approximate surface area is 143 Å². The van der Waals surface area contributed by atoms with Gasteiger partial charge in [-0.05, 0) is 26.0 Å². The lowest BCUT2D eigenvalue weighted by Crippen LogP contribution is -2.21. The Kier molecular flexibility index (Phi) is 10.4. The molecule has 0 N–H and O–H groups in total. The second-order valence-electron chi connectivity index (χ2n) is 6.15. The van der Waals surface area contributed by atoms with Crippen LogP contribution in [0.5, 0.6) is 0 Å². The second kappa shape index (κ2) is 10.8. The summed E-state index contributed by atoms with van der Waals surface area (Å²) in [6.07, 6.45) is 5.58. The topological polar surface area (TPSA) is 35.5 Å². The maximum atomic E-state index is 11.7. The minimum Gasteiger partial charge on any atom is -0.465 e. The fourth-order valence-electron chi connectivity index (χ4n) is 1.55. The smallest absolute Gasteiger partial charge is 0.339 e. The van der Waals surface area contributed by atoms with Gasteiger partial charge in [0.1, 0.15) is 0 Å². The molecule has 0 spiro atoms. The van der Waals surface area contributed by atoms with E-state index in [9.17, 15) is 4.79 Å². The fourth-order valence-corrected chi connectivity index (χ4v) is 2.77. The van der Waals surface area contributed by atoms with Crippen LogP contribution in [0.4, 0.5) is 0 Å². The minimum absolute atomic E-state index is 0.369. The largest absolute Gasteiger partial charge is 0.465 e. The molecule has 0 bridgehead atoms. The Morgan fingerprint density at radius 3 is 2.41 bits per heavy atom. The van der Waals surface area contributed by atoms with Crippen LogP contribution < -0.4 is 0 Å². The summed E-state index contributed by atoms with van der Waals surface area (Å²) in [6, 6.07) is 1.17. The summed E-state index contributed by atoms with van der Waals surface area (Å²) in [5.74, 6) is -0.369. The number of halogens is 1. The molecule has 0 saturated carbocycles. The number of carbonyl (C=O) groups excluding carboxylic acids is 1. The summed E-state index contributed by atoms with van der Waals surface area (Å²) in [7, 11) is 0.357. The van der Waals surface area contributed by atoms with E-state index >= 15 is 0 Å². The van der Waals surface area contributed by atoms with E-state index in [4.69, 9.17) is 9.47 Å². The van der Waals surface area contributed by atoms with Crippen LogP contribution in [0.1, 0.15) is 13.8 Å². The van der Waals surface area contributed by atoms with Gasteiger partial charge >= 0.3 is 5.97 Å². The number of ether oxygens (including phenoxy) is 2. The first-order chi connectivity index (χ1) is 10.2. The molecule has 0 saturated heterocycles. The first-order valence-corrected chi connectivity index (χ1v) is 11.8. The molecule has 0 aromatic heterocycles. The van der Waals surface area contributed by atoms with Crippen LogP contribution in [-0.2, 0) is 14.3 Å². The number of rotatable bonds is 8. The van der Waals surface area contributed by atoms with E-state index in [1.807, 2.05) is 19.1 Å². The van der Waals surface area contributed by atoms with Gasteiger partial charge in [-0.25, -0.2) is 4.79 Å². The van der Waals surface area contributed by atoms with E-state index in [2.05, 4.69) is 41.3 Å². The Bertz CT molecular complexity index is 489. The number of carbonyl (C=O) groups is 1. The van der Waals surface area contributed by atoms with Crippen LogP contribution in [0.25, 0.3) is 0 Å². The van der Waals surface area contributed by atoms with Gasteiger partial charge in [0.05, 0.1) is 19.3 Å². The summed E-state index contributed by atoms with van der Waals surface area (Å²) in [4.78, 5) is 11.7. The van der Waals surface area contributed by atoms with E-state index in [1.165, 1.54) is 13.2 Å². The van der Waals surface area contributed by atoms with Crippen molar-refractivity contribution in [3.8, 4) is 0 Å². The Morgan fingerprint density at radius 2 is 1.91 bits per heavy atom. The molecule has 0 fully saturated rings. The molecular formula is C17H27BrO3Si. The lowest BCUT2D eigenvalue weighted by Gasteiger charge is -2.14. The summed E-state index contributed by atoms with van der Waals surface area (Å²) >= 11 is 3.32. The van der Waals surface area contributed by atoms with Gasteiger partial charge in [-0.1, -0.05) is 47.7 Å². The maximum Gasteiger partial charge on any atom is 0.339 e. The van der Waals surface area contributed by atoms with E-state index in [-0.39, 0.29) is 5.97 Å². The standard InChI is InChI=1S/C17H27BrO3Si/c1-14(16(15(2)18)17(19)20-3)10-8-7-9-11-21-12-13-22(4,5)6/h7-9H,11-13H2,1-6H3/b9-7+,16-15-. The van der Waals surface area contributed by atoms with Crippen LogP contribution in [-0.4, -0.2) is 34.4 Å². The minimum atomic E-state index is -1.01. The van der Waals surface area contributed by atoms with Crippen molar-refractivity contribution in [3.05, 3.63) is 39.6 Å². The molecule has 0 aromatic carbocycles. The SMILES string of the molecule is COC(=O)/C(C(C)=C=C/C=C/COCC[Si](C)(C)C)=C(/C)Br. The third-order valence-electron chi connectivity index (χ3n) is 2.85. The van der Waals surface area contributed by atoms with Crippen molar-refractivity contribution in [2.45, 2.75) is 39.5 Å². The number of esters is 1. The molecule has 3 nitrogen and oxygen atoms in total. The number of methoxy groups -OCH3 is 1. The highest BCUT2D eigenvalue weighted by molar-refractivity contribution is 9.11. The number of hydrogen-bond donors (Lipinski definition) is 0. The third kappa shape index (κ3) is 9.95. The van der Waals surface area contributed by atoms with Crippen molar-refractivity contribution in [1.29, 1.82) is 0 Å². The zero-order chi connectivity index (χ0) is 17.2. The predicted octanol–water partition coefficient (Wildman–Crippen LogP) is 4.84. The highest BCUT2D eigenvalue weighted by atomic mass is 79.9. The Morgan fingerprint density at radius 1 is 1.27 bits per heavy atom. The summed E-state index contributed by atoms with van der Waals surface area (Å²) in [6.45, 7) is 12.0. The van der Waals surface area contributed by atoms with E-state index in [0.717, 1.165) is 16.7 Å². The molecule has 5 heteroatoms. The Hall–Kier alpha value is -0.873. The van der Waals surface area contributed by atoms with Crippen molar-refractivity contribution in [3.63, 3.8) is 0 Å². The molecule has 0 aromatic rings. The van der Waals surface area contributed by atoms with Gasteiger partial charge in [0, 0.05) is 24.7 Å². The normalized spacial score (nSPS) is 12.7. The molecular weight excluding hydrogens is 360 g/mol. The van der Waals surface area contributed by atoms with Gasteiger partial charge in [0.25, 0.3) is 0 Å². The molecule has 0 aliphatic rings. The van der Waals surface area contributed by atoms with Crippen LogP contribution in [0.3, 0.4) is 0 Å². The van der Waals surface area contributed by atoms with Crippen LogP contribution in [0.2, 0.25) is 25.7 Å². The summed E-state index contributed by atoms with van der Waals surface area (Å²) < 4.78 is 11.1. The molecule has 0 rings (SSSR count). The highest BCUT2D eigenvalue weighted by Crippen LogP contribution is 2.19. The van der Waals surface area contributed by atoms with Crippen molar-refractivity contribution in [2.75, 3.05) is 20.3 Å². The van der Waals surface area contributed by atoms with Gasteiger partial charge in [0.2, 0.25) is 0 Å². The molecule has 124 valence electrons. The summed E-state index contributed by atoms with van der Waals surface area (Å²) in [5.41, 5.74) is 4.29. The predicted molar refractivity (Wildman–Crippen MR) is 99.0 cm³/mol. The number of hydrogen-bond acceptors (Lipinski definition) is 3. The van der Waals surface area contributed by atoms with E-state index < -0.39 is 8.07 Å². The molecule has 0 atom stereocenters. The first-order valence-electron chi connectivity index (χ1n) is 7.30. The van der Waals surface area contributed by atoms with Gasteiger partial charge in [-0.2, -0.15) is 0 Å². The molecule has 22 heavy (non-hydrogen) atoms. The average Bonchev–Trinajstić information content (AvgIpc) is 2.40. The second-order valence-corrected chi connectivity index (χ2v) is 13.0. The van der Waals surface area contributed by atoms with Crippen molar-refractivity contribution >= 4 is 30.0 Å². The quantitative estimate of drug-likeness (QED) is 0.149. The highest BCUT2D eigenvalue weighted by Gasteiger charge is 2.13. The van der Waals surface area contributed by atoms with Crippen molar-refractivity contribution in [1.82, 2.24) is 0 Å². The van der Waals surface area contributed by atoms with E-state index in [1.54, 1.807) is 13.0 Å². The molecule has 0 aliphatic heterocycles. The van der Waals surface area contributed by atoms with Crippen molar-refractivity contribution < 1.29 is 14.3 Å². The van der Waals surface area contributed by atoms with Crippen molar-refractivity contribution in [2.24, 2.45) is 0 Å². The molecule has 0 amide bonds. The molecule has 0 unspecified atom stereocenters. The third-order valence-corrected chi connectivity index (χ3v) is 4.95. The lowest BCUT2D eigenvalue weighted by molar-refractivity contribution is -0.135. The Balaban J connectivity index is 4.48. The van der Waals surface area contributed by atoms with Gasteiger partial charge < -0.3 is 9.47 Å².